The van der Waals surface area contributed by atoms with Crippen LogP contribution in [0.5, 0.6) is 0 Å². The van der Waals surface area contributed by atoms with Gasteiger partial charge in [0.05, 0.1) is 0 Å². The number of rotatable bonds is 1. The fourth-order valence-electron chi connectivity index (χ4n) is 2.23. The molecule has 2 rings (SSSR count). The first-order valence-electron chi connectivity index (χ1n) is 5.16. The summed E-state index contributed by atoms with van der Waals surface area (Å²) in [6, 6.07) is 8.65. The Kier molecular flexibility index (Phi) is 2.33. The van der Waals surface area contributed by atoms with Crippen molar-refractivity contribution in [2.75, 3.05) is 13.1 Å². The summed E-state index contributed by atoms with van der Waals surface area (Å²) in [4.78, 5) is 0. The average molecular weight is 190 g/mol. The van der Waals surface area contributed by atoms with Gasteiger partial charge in [0.15, 0.2) is 0 Å². The maximum absolute atomic E-state index is 6.24. The first kappa shape index (κ1) is 9.69. The van der Waals surface area contributed by atoms with Gasteiger partial charge in [-0.05, 0) is 19.4 Å². The molecule has 1 aliphatic heterocycles. The second kappa shape index (κ2) is 3.37. The fraction of sp³-hybridized carbons (Fsp3) is 0.500. The largest absolute Gasteiger partial charge is 0.324 e. The van der Waals surface area contributed by atoms with E-state index in [1.807, 2.05) is 0 Å². The monoisotopic (exact) mass is 190 g/mol. The second-order valence-corrected chi connectivity index (χ2v) is 4.60. The summed E-state index contributed by atoms with van der Waals surface area (Å²) in [5.74, 6) is 0.447. The van der Waals surface area contributed by atoms with Crippen molar-refractivity contribution in [3.05, 3.63) is 35.4 Å². The van der Waals surface area contributed by atoms with E-state index in [0.29, 0.717) is 5.92 Å². The zero-order chi connectivity index (χ0) is 10.2. The Balaban J connectivity index is 2.31. The van der Waals surface area contributed by atoms with Crippen molar-refractivity contribution in [3.8, 4) is 0 Å². The third-order valence-electron chi connectivity index (χ3n) is 3.09. The van der Waals surface area contributed by atoms with Gasteiger partial charge in [-0.25, -0.2) is 0 Å². The van der Waals surface area contributed by atoms with Crippen molar-refractivity contribution in [1.29, 1.82) is 0 Å². The Hall–Kier alpha value is -0.860. The number of benzene rings is 1. The van der Waals surface area contributed by atoms with Gasteiger partial charge in [-0.1, -0.05) is 29.8 Å². The molecular formula is C12H18N2. The molecule has 0 bridgehead atoms. The molecule has 1 saturated heterocycles. The second-order valence-electron chi connectivity index (χ2n) is 4.60. The van der Waals surface area contributed by atoms with E-state index in [1.165, 1.54) is 11.1 Å². The van der Waals surface area contributed by atoms with Gasteiger partial charge in [-0.3, -0.25) is 0 Å². The molecule has 0 radical (unpaired) electrons. The summed E-state index contributed by atoms with van der Waals surface area (Å²) in [6.45, 7) is 6.15. The normalized spacial score (nSPS) is 32.1. The number of hydrogen-bond donors (Lipinski definition) is 2. The van der Waals surface area contributed by atoms with Gasteiger partial charge in [-0.2, -0.15) is 0 Å². The highest BCUT2D eigenvalue weighted by atomic mass is 15.0. The molecule has 2 heteroatoms. The number of nitrogens with one attached hydrogen (secondary N) is 1. The van der Waals surface area contributed by atoms with Gasteiger partial charge in [0, 0.05) is 24.5 Å². The molecule has 0 aromatic heterocycles. The van der Waals surface area contributed by atoms with Crippen LogP contribution in [0.15, 0.2) is 24.3 Å². The van der Waals surface area contributed by atoms with Crippen LogP contribution in [0, 0.1) is 6.92 Å². The van der Waals surface area contributed by atoms with E-state index >= 15 is 0 Å². The molecule has 1 aromatic rings. The van der Waals surface area contributed by atoms with Crippen LogP contribution >= 0.6 is 0 Å². The van der Waals surface area contributed by atoms with Crippen LogP contribution < -0.4 is 11.1 Å². The molecule has 3 N–H and O–H groups in total. The molecule has 1 aromatic carbocycles. The summed E-state index contributed by atoms with van der Waals surface area (Å²) in [5.41, 5.74) is 8.81. The Morgan fingerprint density at radius 2 is 2.29 bits per heavy atom. The molecule has 0 saturated carbocycles. The topological polar surface area (TPSA) is 38.0 Å². The molecule has 2 atom stereocenters. The standard InChI is InChI=1S/C12H18N2/c1-9-4-3-5-10(6-9)11-7-14-8-12(11,2)13/h3-6,11,14H,7-8,13H2,1-2H3. The maximum Gasteiger partial charge on any atom is 0.0333 e. The van der Waals surface area contributed by atoms with Gasteiger partial charge >= 0.3 is 0 Å². The molecular weight excluding hydrogens is 172 g/mol. The van der Waals surface area contributed by atoms with Gasteiger partial charge in [0.2, 0.25) is 0 Å². The minimum atomic E-state index is -0.103. The van der Waals surface area contributed by atoms with E-state index < -0.39 is 0 Å². The molecule has 0 spiro atoms. The van der Waals surface area contributed by atoms with Crippen LogP contribution in [0.4, 0.5) is 0 Å². The van der Waals surface area contributed by atoms with E-state index in [2.05, 4.69) is 43.4 Å². The lowest BCUT2D eigenvalue weighted by Gasteiger charge is -2.26. The SMILES string of the molecule is Cc1cccc(C2CNCC2(C)N)c1. The maximum atomic E-state index is 6.24. The predicted molar refractivity (Wildman–Crippen MR) is 59.4 cm³/mol. The van der Waals surface area contributed by atoms with Crippen molar-refractivity contribution in [3.63, 3.8) is 0 Å². The highest BCUT2D eigenvalue weighted by Crippen LogP contribution is 2.29. The van der Waals surface area contributed by atoms with Crippen molar-refractivity contribution >= 4 is 0 Å². The molecule has 2 unspecified atom stereocenters. The van der Waals surface area contributed by atoms with Crippen molar-refractivity contribution < 1.29 is 0 Å². The zero-order valence-corrected chi connectivity index (χ0v) is 8.88. The van der Waals surface area contributed by atoms with E-state index in [0.717, 1.165) is 13.1 Å². The molecule has 76 valence electrons. The summed E-state index contributed by atoms with van der Waals surface area (Å²) >= 11 is 0. The number of hydrogen-bond acceptors (Lipinski definition) is 2. The lowest BCUT2D eigenvalue weighted by atomic mass is 9.84. The summed E-state index contributed by atoms with van der Waals surface area (Å²) in [7, 11) is 0. The van der Waals surface area contributed by atoms with E-state index in [-0.39, 0.29) is 5.54 Å². The first-order valence-corrected chi connectivity index (χ1v) is 5.16. The van der Waals surface area contributed by atoms with Gasteiger partial charge in [0.25, 0.3) is 0 Å². The smallest absolute Gasteiger partial charge is 0.0333 e. The molecule has 1 aliphatic rings. The molecule has 1 heterocycles. The third kappa shape index (κ3) is 1.68. The fourth-order valence-corrected chi connectivity index (χ4v) is 2.23. The lowest BCUT2D eigenvalue weighted by molar-refractivity contribution is 0.462. The van der Waals surface area contributed by atoms with Crippen LogP contribution in [0.2, 0.25) is 0 Å². The first-order chi connectivity index (χ1) is 6.59. The van der Waals surface area contributed by atoms with Crippen LogP contribution in [-0.4, -0.2) is 18.6 Å². The van der Waals surface area contributed by atoms with Crippen molar-refractivity contribution in [1.82, 2.24) is 5.32 Å². The molecule has 2 nitrogen and oxygen atoms in total. The molecule has 1 fully saturated rings. The molecule has 0 aliphatic carbocycles. The number of aryl methyl sites for hydroxylation is 1. The van der Waals surface area contributed by atoms with E-state index in [4.69, 9.17) is 5.73 Å². The highest BCUT2D eigenvalue weighted by Gasteiger charge is 2.35. The van der Waals surface area contributed by atoms with Crippen LogP contribution in [0.1, 0.15) is 24.0 Å². The summed E-state index contributed by atoms with van der Waals surface area (Å²) < 4.78 is 0. The zero-order valence-electron chi connectivity index (χ0n) is 8.88. The van der Waals surface area contributed by atoms with E-state index in [9.17, 15) is 0 Å². The Morgan fingerprint density at radius 3 is 2.86 bits per heavy atom. The van der Waals surface area contributed by atoms with Gasteiger partial charge in [-0.15, -0.1) is 0 Å². The lowest BCUT2D eigenvalue weighted by Crippen LogP contribution is -2.42. The Bertz CT molecular complexity index is 331. The van der Waals surface area contributed by atoms with Crippen molar-refractivity contribution in [2.45, 2.75) is 25.3 Å². The van der Waals surface area contributed by atoms with Crippen LogP contribution in [-0.2, 0) is 0 Å². The third-order valence-corrected chi connectivity index (χ3v) is 3.09. The Labute approximate surface area is 85.5 Å². The van der Waals surface area contributed by atoms with Gasteiger partial charge < -0.3 is 11.1 Å². The minimum Gasteiger partial charge on any atom is -0.324 e. The predicted octanol–water partition coefficient (Wildman–Crippen LogP) is 1.40. The Morgan fingerprint density at radius 1 is 1.50 bits per heavy atom. The highest BCUT2D eigenvalue weighted by molar-refractivity contribution is 5.30. The van der Waals surface area contributed by atoms with Gasteiger partial charge in [0.1, 0.15) is 0 Å². The molecule has 14 heavy (non-hydrogen) atoms. The van der Waals surface area contributed by atoms with Crippen LogP contribution in [0.3, 0.4) is 0 Å². The number of nitrogens with two attached hydrogens (primary N) is 1. The quantitative estimate of drug-likeness (QED) is 0.702. The molecule has 0 amide bonds. The summed E-state index contributed by atoms with van der Waals surface area (Å²) in [6.07, 6.45) is 0. The van der Waals surface area contributed by atoms with E-state index in [1.54, 1.807) is 0 Å². The average Bonchev–Trinajstić information content (AvgIpc) is 2.45. The summed E-state index contributed by atoms with van der Waals surface area (Å²) in [5, 5.41) is 3.36. The van der Waals surface area contributed by atoms with Crippen molar-refractivity contribution in [2.24, 2.45) is 5.73 Å². The van der Waals surface area contributed by atoms with Crippen LogP contribution in [0.25, 0.3) is 0 Å². The minimum absolute atomic E-state index is 0.103.